The van der Waals surface area contributed by atoms with Crippen LogP contribution in [0, 0.1) is 27.2 Å². The summed E-state index contributed by atoms with van der Waals surface area (Å²) in [5.41, 5.74) is -0.401. The highest BCUT2D eigenvalue weighted by Gasteiger charge is 2.31. The summed E-state index contributed by atoms with van der Waals surface area (Å²) >= 11 is 0. The van der Waals surface area contributed by atoms with Gasteiger partial charge in [-0.1, -0.05) is 12.2 Å². The van der Waals surface area contributed by atoms with E-state index in [0.29, 0.717) is 12.8 Å². The Morgan fingerprint density at radius 1 is 1.29 bits per heavy atom. The second-order valence-electron chi connectivity index (χ2n) is 4.86. The molecule has 0 bridgehead atoms. The van der Waals surface area contributed by atoms with Crippen LogP contribution in [0.5, 0.6) is 0 Å². The van der Waals surface area contributed by atoms with E-state index in [1.54, 1.807) is 0 Å². The minimum absolute atomic E-state index is 0.0894. The van der Waals surface area contributed by atoms with Gasteiger partial charge in [0.25, 0.3) is 5.69 Å². The third-order valence-electron chi connectivity index (χ3n) is 3.55. The normalized spacial score (nSPS) is 14.4. The van der Waals surface area contributed by atoms with Crippen molar-refractivity contribution in [3.05, 3.63) is 49.6 Å². The SMILES string of the molecule is Cc1c(CO)cc([N+](=O)[O-])c(NC2CC=CC2)c1[N+](=O)[O-]. The Morgan fingerprint density at radius 3 is 2.38 bits per heavy atom. The number of nitrogens with zero attached hydrogens (tertiary/aromatic N) is 2. The average molecular weight is 293 g/mol. The van der Waals surface area contributed by atoms with Crippen LogP contribution < -0.4 is 5.32 Å². The van der Waals surface area contributed by atoms with Crippen LogP contribution in [0.4, 0.5) is 17.1 Å². The Kier molecular flexibility index (Phi) is 4.18. The van der Waals surface area contributed by atoms with Crippen molar-refractivity contribution >= 4 is 17.1 Å². The van der Waals surface area contributed by atoms with E-state index in [0.717, 1.165) is 0 Å². The zero-order valence-electron chi connectivity index (χ0n) is 11.4. The zero-order chi connectivity index (χ0) is 15.6. The van der Waals surface area contributed by atoms with Crippen molar-refractivity contribution in [1.29, 1.82) is 0 Å². The third kappa shape index (κ3) is 2.84. The number of nitrogens with one attached hydrogen (secondary N) is 1. The van der Waals surface area contributed by atoms with E-state index in [4.69, 9.17) is 0 Å². The molecule has 0 unspecified atom stereocenters. The summed E-state index contributed by atoms with van der Waals surface area (Å²) in [4.78, 5) is 21.2. The number of hydrogen-bond acceptors (Lipinski definition) is 6. The lowest BCUT2D eigenvalue weighted by atomic mass is 10.0. The second kappa shape index (κ2) is 5.88. The Hall–Kier alpha value is -2.48. The van der Waals surface area contributed by atoms with Crippen LogP contribution in [0.3, 0.4) is 0 Å². The molecule has 8 heteroatoms. The fourth-order valence-electron chi connectivity index (χ4n) is 2.42. The van der Waals surface area contributed by atoms with Gasteiger partial charge in [0.05, 0.1) is 16.5 Å². The fourth-order valence-corrected chi connectivity index (χ4v) is 2.42. The molecule has 0 saturated carbocycles. The monoisotopic (exact) mass is 293 g/mol. The largest absolute Gasteiger partial charge is 0.392 e. The molecular weight excluding hydrogens is 278 g/mol. The lowest BCUT2D eigenvalue weighted by Gasteiger charge is -2.16. The number of anilines is 1. The Bertz CT molecular complexity index is 619. The van der Waals surface area contributed by atoms with Crippen molar-refractivity contribution in [2.45, 2.75) is 32.4 Å². The van der Waals surface area contributed by atoms with E-state index in [9.17, 15) is 25.3 Å². The van der Waals surface area contributed by atoms with Crippen LogP contribution in [0.2, 0.25) is 0 Å². The summed E-state index contributed by atoms with van der Waals surface area (Å²) in [6, 6.07) is 1.09. The van der Waals surface area contributed by atoms with Gasteiger partial charge in [0.15, 0.2) is 5.69 Å². The van der Waals surface area contributed by atoms with Gasteiger partial charge in [-0.15, -0.1) is 0 Å². The first kappa shape index (κ1) is 14.9. The summed E-state index contributed by atoms with van der Waals surface area (Å²) in [6.07, 6.45) is 5.17. The van der Waals surface area contributed by atoms with Crippen LogP contribution in [-0.2, 0) is 6.61 Å². The van der Waals surface area contributed by atoms with E-state index in [2.05, 4.69) is 5.32 Å². The van der Waals surface area contributed by atoms with Crippen molar-refractivity contribution in [1.82, 2.24) is 0 Å². The molecule has 1 aliphatic carbocycles. The third-order valence-corrected chi connectivity index (χ3v) is 3.55. The van der Waals surface area contributed by atoms with Crippen molar-refractivity contribution in [2.24, 2.45) is 0 Å². The van der Waals surface area contributed by atoms with Gasteiger partial charge in [-0.25, -0.2) is 0 Å². The molecule has 112 valence electrons. The highest BCUT2D eigenvalue weighted by Crippen LogP contribution is 2.40. The molecule has 0 radical (unpaired) electrons. The lowest BCUT2D eigenvalue weighted by Crippen LogP contribution is -2.18. The van der Waals surface area contributed by atoms with Crippen molar-refractivity contribution in [3.63, 3.8) is 0 Å². The van der Waals surface area contributed by atoms with Crippen LogP contribution in [0.25, 0.3) is 0 Å². The van der Waals surface area contributed by atoms with Gasteiger partial charge in [0.2, 0.25) is 0 Å². The zero-order valence-corrected chi connectivity index (χ0v) is 11.4. The molecule has 0 heterocycles. The van der Waals surface area contributed by atoms with Crippen molar-refractivity contribution < 1.29 is 15.0 Å². The summed E-state index contributed by atoms with van der Waals surface area (Å²) in [5.74, 6) is 0. The maximum atomic E-state index is 11.3. The highest BCUT2D eigenvalue weighted by molar-refractivity contribution is 5.78. The van der Waals surface area contributed by atoms with E-state index in [-0.39, 0.29) is 34.2 Å². The quantitative estimate of drug-likeness (QED) is 0.489. The molecule has 21 heavy (non-hydrogen) atoms. The molecule has 0 aliphatic heterocycles. The van der Waals surface area contributed by atoms with Gasteiger partial charge in [0.1, 0.15) is 0 Å². The first-order chi connectivity index (χ1) is 9.95. The van der Waals surface area contributed by atoms with Gasteiger partial charge >= 0.3 is 5.69 Å². The highest BCUT2D eigenvalue weighted by atomic mass is 16.6. The molecule has 0 saturated heterocycles. The lowest BCUT2D eigenvalue weighted by molar-refractivity contribution is -0.392. The molecule has 0 aromatic heterocycles. The average Bonchev–Trinajstić information content (AvgIpc) is 2.91. The van der Waals surface area contributed by atoms with Gasteiger partial charge in [-0.2, -0.15) is 0 Å². The van der Waals surface area contributed by atoms with E-state index in [1.807, 2.05) is 12.2 Å². The topological polar surface area (TPSA) is 119 Å². The second-order valence-corrected chi connectivity index (χ2v) is 4.86. The number of rotatable bonds is 5. The summed E-state index contributed by atoms with van der Waals surface area (Å²) in [5, 5.41) is 34.6. The molecule has 1 aromatic rings. The molecule has 0 amide bonds. The first-order valence-corrected chi connectivity index (χ1v) is 6.43. The predicted molar refractivity (Wildman–Crippen MR) is 76.2 cm³/mol. The Morgan fingerprint density at radius 2 is 1.90 bits per heavy atom. The van der Waals surface area contributed by atoms with E-state index in [1.165, 1.54) is 13.0 Å². The van der Waals surface area contributed by atoms with Gasteiger partial charge in [-0.05, 0) is 25.3 Å². The number of benzene rings is 1. The Labute approximate surface area is 120 Å². The summed E-state index contributed by atoms with van der Waals surface area (Å²) in [7, 11) is 0. The minimum atomic E-state index is -0.670. The van der Waals surface area contributed by atoms with Crippen LogP contribution >= 0.6 is 0 Å². The van der Waals surface area contributed by atoms with Crippen LogP contribution in [-0.4, -0.2) is 21.0 Å². The number of nitro benzene ring substituents is 2. The summed E-state index contributed by atoms with van der Waals surface area (Å²) in [6.45, 7) is 0.990. The van der Waals surface area contributed by atoms with Crippen molar-refractivity contribution in [3.8, 4) is 0 Å². The van der Waals surface area contributed by atoms with Crippen molar-refractivity contribution in [2.75, 3.05) is 5.32 Å². The predicted octanol–water partition coefficient (Wildman–Crippen LogP) is 2.43. The van der Waals surface area contributed by atoms with E-state index >= 15 is 0 Å². The summed E-state index contributed by atoms with van der Waals surface area (Å²) < 4.78 is 0. The molecule has 1 aromatic carbocycles. The maximum Gasteiger partial charge on any atom is 0.302 e. The van der Waals surface area contributed by atoms with E-state index < -0.39 is 16.5 Å². The molecule has 2 N–H and O–H groups in total. The maximum absolute atomic E-state index is 11.3. The molecule has 1 aliphatic rings. The molecule has 0 fully saturated rings. The molecule has 8 nitrogen and oxygen atoms in total. The molecular formula is C13H15N3O5. The Balaban J connectivity index is 2.59. The van der Waals surface area contributed by atoms with Crippen LogP contribution in [0.15, 0.2) is 18.2 Å². The first-order valence-electron chi connectivity index (χ1n) is 6.43. The number of nitro groups is 2. The standard InChI is InChI=1S/C13H15N3O5/c1-8-9(7-17)6-11(15(18)19)12(13(8)16(20)21)14-10-4-2-3-5-10/h2-3,6,10,14,17H,4-5,7H2,1H3. The number of aliphatic hydroxyl groups excluding tert-OH is 1. The number of hydrogen-bond donors (Lipinski definition) is 2. The van der Waals surface area contributed by atoms with Gasteiger partial charge in [-0.3, -0.25) is 20.2 Å². The molecule has 0 atom stereocenters. The number of aliphatic hydroxyl groups is 1. The minimum Gasteiger partial charge on any atom is -0.392 e. The molecule has 0 spiro atoms. The van der Waals surface area contributed by atoms with Gasteiger partial charge in [0, 0.05) is 17.7 Å². The van der Waals surface area contributed by atoms with Crippen LogP contribution in [0.1, 0.15) is 24.0 Å². The fraction of sp³-hybridized carbons (Fsp3) is 0.385. The molecule has 2 rings (SSSR count). The van der Waals surface area contributed by atoms with Gasteiger partial charge < -0.3 is 10.4 Å². The smallest absolute Gasteiger partial charge is 0.302 e.